The molecule has 2 aromatic rings. The average molecular weight is 291 g/mol. The second kappa shape index (κ2) is 5.53. The van der Waals surface area contributed by atoms with Crippen molar-refractivity contribution in [3.8, 4) is 0 Å². The van der Waals surface area contributed by atoms with E-state index in [4.69, 9.17) is 0 Å². The molecule has 1 aliphatic carbocycles. The van der Waals surface area contributed by atoms with Crippen molar-refractivity contribution in [3.05, 3.63) is 66.3 Å². The second-order valence-corrected chi connectivity index (χ2v) is 6.89. The molecule has 2 aromatic carbocycles. The van der Waals surface area contributed by atoms with Gasteiger partial charge in [0.15, 0.2) is 0 Å². The summed E-state index contributed by atoms with van der Waals surface area (Å²) < 4.78 is 0. The van der Waals surface area contributed by atoms with Crippen molar-refractivity contribution in [1.29, 1.82) is 0 Å². The van der Waals surface area contributed by atoms with Crippen LogP contribution in [0.1, 0.15) is 12.8 Å². The van der Waals surface area contributed by atoms with E-state index < -0.39 is 0 Å². The lowest BCUT2D eigenvalue weighted by Crippen LogP contribution is -2.19. The topological polar surface area (TPSA) is 12.4 Å². The van der Waals surface area contributed by atoms with Gasteiger partial charge in [0.1, 0.15) is 0 Å². The van der Waals surface area contributed by atoms with Crippen LogP contribution < -0.4 is 0 Å². The molecular formula is C19H17NS. The number of aliphatic imine (C=N–C) groups is 1. The van der Waals surface area contributed by atoms with E-state index >= 15 is 0 Å². The van der Waals surface area contributed by atoms with Crippen molar-refractivity contribution in [2.24, 2.45) is 4.99 Å². The summed E-state index contributed by atoms with van der Waals surface area (Å²) in [5.41, 5.74) is 1.39. The minimum atomic E-state index is 0.406. The quantitative estimate of drug-likeness (QED) is 0.756. The molecule has 4 rings (SSSR count). The van der Waals surface area contributed by atoms with E-state index in [9.17, 15) is 0 Å². The summed E-state index contributed by atoms with van der Waals surface area (Å²) in [7, 11) is 0. The molecule has 1 nitrogen and oxygen atoms in total. The Morgan fingerprint density at radius 2 is 1.90 bits per heavy atom. The van der Waals surface area contributed by atoms with Crippen LogP contribution in [0.2, 0.25) is 0 Å². The molecule has 2 heteroatoms. The van der Waals surface area contributed by atoms with Gasteiger partial charge in [-0.1, -0.05) is 42.5 Å². The molecule has 1 heterocycles. The number of thioether (sulfide) groups is 1. The Kier molecular flexibility index (Phi) is 3.40. The number of allylic oxidation sites excluding steroid dienone is 1. The van der Waals surface area contributed by atoms with Gasteiger partial charge < -0.3 is 0 Å². The molecule has 2 unspecified atom stereocenters. The predicted octanol–water partition coefficient (Wildman–Crippen LogP) is 5.03. The van der Waals surface area contributed by atoms with Crippen LogP contribution >= 0.6 is 11.8 Å². The van der Waals surface area contributed by atoms with E-state index in [-0.39, 0.29) is 0 Å². The van der Waals surface area contributed by atoms with E-state index in [2.05, 4.69) is 59.6 Å². The zero-order valence-electron chi connectivity index (χ0n) is 11.8. The van der Waals surface area contributed by atoms with Crippen molar-refractivity contribution in [2.75, 3.05) is 0 Å². The SMILES string of the molecule is C1=CC2=CC(Sc3ccc4ccccc4c3)CCC2N=C1. The highest BCUT2D eigenvalue weighted by Crippen LogP contribution is 2.35. The molecule has 0 bridgehead atoms. The third-order valence-electron chi connectivity index (χ3n) is 4.14. The Morgan fingerprint density at radius 3 is 2.86 bits per heavy atom. The van der Waals surface area contributed by atoms with Crippen LogP contribution in [0.5, 0.6) is 0 Å². The van der Waals surface area contributed by atoms with Gasteiger partial charge in [-0.25, -0.2) is 0 Å². The van der Waals surface area contributed by atoms with Crippen LogP contribution in [0.25, 0.3) is 10.8 Å². The standard InChI is InChI=1S/C19H17NS/c1-2-5-15-12-17(8-7-14(15)4-1)21-18-9-10-19-16(13-18)6-3-11-20-19/h1-8,11-13,18-19H,9-10H2. The van der Waals surface area contributed by atoms with Crippen LogP contribution in [-0.2, 0) is 0 Å². The normalized spacial score (nSPS) is 23.9. The fraction of sp³-hybridized carbons (Fsp3) is 0.211. The first-order valence-corrected chi connectivity index (χ1v) is 8.33. The Morgan fingerprint density at radius 1 is 1.00 bits per heavy atom. The molecule has 0 amide bonds. The van der Waals surface area contributed by atoms with Gasteiger partial charge >= 0.3 is 0 Å². The van der Waals surface area contributed by atoms with E-state index in [1.54, 1.807) is 0 Å². The third kappa shape index (κ3) is 2.68. The maximum absolute atomic E-state index is 4.54. The fourth-order valence-corrected chi connectivity index (χ4v) is 4.21. The summed E-state index contributed by atoms with van der Waals surface area (Å²) in [6.45, 7) is 0. The van der Waals surface area contributed by atoms with Crippen LogP contribution in [0.3, 0.4) is 0 Å². The van der Waals surface area contributed by atoms with Gasteiger partial charge in [0.2, 0.25) is 0 Å². The molecule has 0 aromatic heterocycles. The van der Waals surface area contributed by atoms with Gasteiger partial charge in [-0.3, -0.25) is 4.99 Å². The number of dihydropyridines is 1. The number of hydrogen-bond donors (Lipinski definition) is 0. The van der Waals surface area contributed by atoms with E-state index in [1.165, 1.54) is 27.7 Å². The molecule has 104 valence electrons. The first kappa shape index (κ1) is 12.9. The van der Waals surface area contributed by atoms with Crippen molar-refractivity contribution < 1.29 is 0 Å². The number of nitrogens with zero attached hydrogens (tertiary/aromatic N) is 1. The van der Waals surface area contributed by atoms with E-state index in [1.807, 2.05) is 24.1 Å². The molecule has 0 saturated heterocycles. The number of rotatable bonds is 2. The van der Waals surface area contributed by atoms with Crippen LogP contribution in [-0.4, -0.2) is 17.5 Å². The van der Waals surface area contributed by atoms with Crippen molar-refractivity contribution >= 4 is 28.7 Å². The Balaban J connectivity index is 1.57. The largest absolute Gasteiger partial charge is 0.285 e. The van der Waals surface area contributed by atoms with Crippen LogP contribution in [0.15, 0.2) is 76.2 Å². The first-order chi connectivity index (χ1) is 10.4. The lowest BCUT2D eigenvalue weighted by atomic mass is 9.93. The molecule has 0 fully saturated rings. The summed E-state index contributed by atoms with van der Waals surface area (Å²) in [4.78, 5) is 5.90. The van der Waals surface area contributed by atoms with Crippen LogP contribution in [0, 0.1) is 0 Å². The number of benzene rings is 2. The zero-order chi connectivity index (χ0) is 14.1. The molecule has 0 N–H and O–H groups in total. The van der Waals surface area contributed by atoms with Gasteiger partial charge in [0, 0.05) is 16.4 Å². The summed E-state index contributed by atoms with van der Waals surface area (Å²) >= 11 is 1.97. The zero-order valence-corrected chi connectivity index (χ0v) is 12.6. The number of fused-ring (bicyclic) bond motifs is 2. The lowest BCUT2D eigenvalue weighted by Gasteiger charge is -2.26. The minimum absolute atomic E-state index is 0.406. The summed E-state index contributed by atoms with van der Waals surface area (Å²) in [6.07, 6.45) is 11.0. The monoisotopic (exact) mass is 291 g/mol. The van der Waals surface area contributed by atoms with Gasteiger partial charge in [-0.2, -0.15) is 0 Å². The predicted molar refractivity (Wildman–Crippen MR) is 92.3 cm³/mol. The van der Waals surface area contributed by atoms with Crippen molar-refractivity contribution in [3.63, 3.8) is 0 Å². The van der Waals surface area contributed by atoms with Crippen LogP contribution in [0.4, 0.5) is 0 Å². The van der Waals surface area contributed by atoms with E-state index in [0.29, 0.717) is 11.3 Å². The first-order valence-electron chi connectivity index (χ1n) is 7.45. The van der Waals surface area contributed by atoms with Gasteiger partial charge in [0.25, 0.3) is 0 Å². The van der Waals surface area contributed by atoms with Gasteiger partial charge in [-0.05, 0) is 47.4 Å². The highest BCUT2D eigenvalue weighted by molar-refractivity contribution is 8.00. The smallest absolute Gasteiger partial charge is 0.0746 e. The summed E-state index contributed by atoms with van der Waals surface area (Å²) in [6, 6.07) is 15.7. The number of hydrogen-bond acceptors (Lipinski definition) is 2. The van der Waals surface area contributed by atoms with Crippen molar-refractivity contribution in [2.45, 2.75) is 29.0 Å². The maximum atomic E-state index is 4.54. The highest BCUT2D eigenvalue weighted by Gasteiger charge is 2.22. The Hall–Kier alpha value is -1.80. The molecule has 2 atom stereocenters. The van der Waals surface area contributed by atoms with Gasteiger partial charge in [-0.15, -0.1) is 11.8 Å². The summed E-state index contributed by atoms with van der Waals surface area (Å²) in [5, 5.41) is 3.20. The lowest BCUT2D eigenvalue weighted by molar-refractivity contribution is 0.634. The Labute approximate surface area is 129 Å². The molecule has 0 radical (unpaired) electrons. The molecule has 2 aliphatic rings. The summed E-state index contributed by atoms with van der Waals surface area (Å²) in [5.74, 6) is 0. The van der Waals surface area contributed by atoms with Crippen molar-refractivity contribution in [1.82, 2.24) is 0 Å². The molecule has 0 saturated carbocycles. The molecule has 1 aliphatic heterocycles. The molecule has 0 spiro atoms. The van der Waals surface area contributed by atoms with Gasteiger partial charge in [0.05, 0.1) is 6.04 Å². The fourth-order valence-electron chi connectivity index (χ4n) is 3.04. The molecule has 21 heavy (non-hydrogen) atoms. The average Bonchev–Trinajstić information content (AvgIpc) is 2.55. The second-order valence-electron chi connectivity index (χ2n) is 5.58. The third-order valence-corrected chi connectivity index (χ3v) is 5.34. The maximum Gasteiger partial charge on any atom is 0.0746 e. The minimum Gasteiger partial charge on any atom is -0.285 e. The highest BCUT2D eigenvalue weighted by atomic mass is 32.2. The Bertz CT molecular complexity index is 757. The van der Waals surface area contributed by atoms with E-state index in [0.717, 1.165) is 6.42 Å². The molecular weight excluding hydrogens is 274 g/mol.